The van der Waals surface area contributed by atoms with Gasteiger partial charge < -0.3 is 10.4 Å². The Morgan fingerprint density at radius 3 is 2.88 bits per heavy atom. The molecular weight excluding hydrogens is 239 g/mol. The van der Waals surface area contributed by atoms with Gasteiger partial charge in [-0.3, -0.25) is 0 Å². The quantitative estimate of drug-likeness (QED) is 0.883. The van der Waals surface area contributed by atoms with Gasteiger partial charge in [0.15, 0.2) is 5.13 Å². The highest BCUT2D eigenvalue weighted by molar-refractivity contribution is 7.22. The first kappa shape index (κ1) is 10.9. The lowest BCUT2D eigenvalue weighted by atomic mass is 10.1. The minimum absolute atomic E-state index is 0.241. The average molecular weight is 252 g/mol. The van der Waals surface area contributed by atoms with Crippen molar-refractivity contribution in [1.82, 2.24) is 4.98 Å². The van der Waals surface area contributed by atoms with Crippen molar-refractivity contribution in [3.05, 3.63) is 24.0 Å². The van der Waals surface area contributed by atoms with E-state index in [1.165, 1.54) is 17.4 Å². The third kappa shape index (κ3) is 1.79. The maximum Gasteiger partial charge on any atom is 0.184 e. The molecule has 0 saturated heterocycles. The van der Waals surface area contributed by atoms with Crippen LogP contribution in [0.5, 0.6) is 0 Å². The Morgan fingerprint density at radius 1 is 1.53 bits per heavy atom. The zero-order valence-corrected chi connectivity index (χ0v) is 10.2. The Kier molecular flexibility index (Phi) is 2.34. The fourth-order valence-corrected chi connectivity index (χ4v) is 2.94. The van der Waals surface area contributed by atoms with Gasteiger partial charge in [-0.1, -0.05) is 17.4 Å². The fourth-order valence-electron chi connectivity index (χ4n) is 1.96. The summed E-state index contributed by atoms with van der Waals surface area (Å²) < 4.78 is 14.1. The number of aliphatic hydroxyl groups excluding tert-OH is 1. The number of halogens is 1. The molecule has 90 valence electrons. The van der Waals surface area contributed by atoms with Gasteiger partial charge in [-0.15, -0.1) is 0 Å². The van der Waals surface area contributed by atoms with Gasteiger partial charge in [0.1, 0.15) is 5.82 Å². The monoisotopic (exact) mass is 252 g/mol. The summed E-state index contributed by atoms with van der Waals surface area (Å²) in [4.78, 5) is 4.34. The van der Waals surface area contributed by atoms with E-state index in [9.17, 15) is 9.50 Å². The van der Waals surface area contributed by atoms with E-state index in [-0.39, 0.29) is 11.4 Å². The molecule has 0 aliphatic heterocycles. The molecule has 0 amide bonds. The molecule has 0 spiro atoms. The Labute approximate surface area is 102 Å². The minimum Gasteiger partial charge on any atom is -0.391 e. The number of thiazole rings is 1. The predicted molar refractivity (Wildman–Crippen MR) is 66.8 cm³/mol. The number of anilines is 1. The summed E-state index contributed by atoms with van der Waals surface area (Å²) in [5.41, 5.74) is 0.420. The molecule has 1 aliphatic rings. The summed E-state index contributed by atoms with van der Waals surface area (Å²) in [6.07, 6.45) is 1.45. The maximum absolute atomic E-state index is 13.5. The third-order valence-corrected chi connectivity index (χ3v) is 4.31. The summed E-state index contributed by atoms with van der Waals surface area (Å²) in [5.74, 6) is -0.241. The Hall–Kier alpha value is -1.20. The van der Waals surface area contributed by atoms with Gasteiger partial charge in [0, 0.05) is 0 Å². The summed E-state index contributed by atoms with van der Waals surface area (Å²) >= 11 is 1.30. The van der Waals surface area contributed by atoms with Gasteiger partial charge in [-0.25, -0.2) is 9.37 Å². The lowest BCUT2D eigenvalue weighted by Crippen LogP contribution is -2.33. The Bertz CT molecular complexity index is 563. The highest BCUT2D eigenvalue weighted by Gasteiger charge is 2.47. The van der Waals surface area contributed by atoms with Crippen molar-refractivity contribution in [3.8, 4) is 0 Å². The van der Waals surface area contributed by atoms with Crippen molar-refractivity contribution in [2.45, 2.75) is 31.4 Å². The standard InChI is InChI=1S/C12H13FN2OS/c1-7(16)12(5-6-12)15-11-14-9-4-2-3-8(13)10(9)17-11/h2-4,7,16H,5-6H2,1H3,(H,14,15). The molecule has 1 aromatic heterocycles. The molecule has 5 heteroatoms. The van der Waals surface area contributed by atoms with Gasteiger partial charge in [0.2, 0.25) is 0 Å². The SMILES string of the molecule is CC(O)C1(Nc2nc3cccc(F)c3s2)CC1. The van der Waals surface area contributed by atoms with E-state index in [0.717, 1.165) is 12.8 Å². The van der Waals surface area contributed by atoms with Crippen molar-refractivity contribution in [1.29, 1.82) is 0 Å². The molecule has 1 heterocycles. The van der Waals surface area contributed by atoms with Crippen molar-refractivity contribution < 1.29 is 9.50 Å². The molecule has 0 radical (unpaired) electrons. The number of nitrogens with zero attached hydrogens (tertiary/aromatic N) is 1. The highest BCUT2D eigenvalue weighted by atomic mass is 32.1. The third-order valence-electron chi connectivity index (χ3n) is 3.31. The number of nitrogens with one attached hydrogen (secondary N) is 1. The number of aromatic nitrogens is 1. The molecule has 2 N–H and O–H groups in total. The van der Waals surface area contributed by atoms with E-state index >= 15 is 0 Å². The number of hydrogen-bond acceptors (Lipinski definition) is 4. The molecule has 3 rings (SSSR count). The second-order valence-electron chi connectivity index (χ2n) is 4.56. The molecule has 3 nitrogen and oxygen atoms in total. The van der Waals surface area contributed by atoms with Crippen LogP contribution in [0.2, 0.25) is 0 Å². The van der Waals surface area contributed by atoms with Gasteiger partial charge in [-0.05, 0) is 31.9 Å². The van der Waals surface area contributed by atoms with Gasteiger partial charge in [0.05, 0.1) is 21.9 Å². The van der Waals surface area contributed by atoms with E-state index in [2.05, 4.69) is 10.3 Å². The summed E-state index contributed by atoms with van der Waals surface area (Å²) in [7, 11) is 0. The molecule has 17 heavy (non-hydrogen) atoms. The van der Waals surface area contributed by atoms with Gasteiger partial charge >= 0.3 is 0 Å². The van der Waals surface area contributed by atoms with Crippen LogP contribution in [0.25, 0.3) is 10.2 Å². The van der Waals surface area contributed by atoms with Crippen LogP contribution in [-0.2, 0) is 0 Å². The number of fused-ring (bicyclic) bond motifs is 1. The number of benzene rings is 1. The molecule has 2 aromatic rings. The van der Waals surface area contributed by atoms with Crippen LogP contribution in [0.1, 0.15) is 19.8 Å². The number of rotatable bonds is 3. The van der Waals surface area contributed by atoms with E-state index < -0.39 is 6.10 Å². The van der Waals surface area contributed by atoms with Crippen molar-refractivity contribution in [2.24, 2.45) is 0 Å². The van der Waals surface area contributed by atoms with E-state index in [0.29, 0.717) is 15.3 Å². The van der Waals surface area contributed by atoms with Crippen LogP contribution >= 0.6 is 11.3 Å². The lowest BCUT2D eigenvalue weighted by molar-refractivity contribution is 0.162. The van der Waals surface area contributed by atoms with Crippen LogP contribution < -0.4 is 5.32 Å². The van der Waals surface area contributed by atoms with Crippen molar-refractivity contribution in [3.63, 3.8) is 0 Å². The van der Waals surface area contributed by atoms with E-state index in [1.807, 2.05) is 0 Å². The van der Waals surface area contributed by atoms with Gasteiger partial charge in [-0.2, -0.15) is 0 Å². The van der Waals surface area contributed by atoms with E-state index in [4.69, 9.17) is 0 Å². The second-order valence-corrected chi connectivity index (χ2v) is 5.56. The zero-order valence-electron chi connectivity index (χ0n) is 9.40. The molecule has 1 fully saturated rings. The maximum atomic E-state index is 13.5. The van der Waals surface area contributed by atoms with Crippen molar-refractivity contribution >= 4 is 26.7 Å². The summed E-state index contributed by atoms with van der Waals surface area (Å²) in [6.45, 7) is 1.77. The lowest BCUT2D eigenvalue weighted by Gasteiger charge is -2.19. The first-order valence-corrected chi connectivity index (χ1v) is 6.44. The minimum atomic E-state index is -0.417. The fraction of sp³-hybridized carbons (Fsp3) is 0.417. The summed E-state index contributed by atoms with van der Waals surface area (Å²) in [6, 6.07) is 4.89. The average Bonchev–Trinajstić information content (AvgIpc) is 2.92. The molecular formula is C12H13FN2OS. The molecule has 1 atom stereocenters. The normalized spacial score (nSPS) is 19.2. The largest absolute Gasteiger partial charge is 0.391 e. The molecule has 1 saturated carbocycles. The first-order valence-electron chi connectivity index (χ1n) is 5.62. The zero-order chi connectivity index (χ0) is 12.0. The first-order chi connectivity index (χ1) is 8.11. The van der Waals surface area contributed by atoms with Crippen molar-refractivity contribution in [2.75, 3.05) is 5.32 Å². The molecule has 1 unspecified atom stereocenters. The highest BCUT2D eigenvalue weighted by Crippen LogP contribution is 2.43. The van der Waals surface area contributed by atoms with Crippen LogP contribution in [-0.4, -0.2) is 21.7 Å². The molecule has 0 bridgehead atoms. The van der Waals surface area contributed by atoms with Crippen LogP contribution in [0.3, 0.4) is 0 Å². The van der Waals surface area contributed by atoms with Gasteiger partial charge in [0.25, 0.3) is 0 Å². The van der Waals surface area contributed by atoms with Crippen LogP contribution in [0, 0.1) is 5.82 Å². The number of hydrogen-bond donors (Lipinski definition) is 2. The predicted octanol–water partition coefficient (Wildman–Crippen LogP) is 2.76. The number of aliphatic hydroxyl groups is 1. The summed E-state index contributed by atoms with van der Waals surface area (Å²) in [5, 5.41) is 13.6. The Balaban J connectivity index is 1.94. The van der Waals surface area contributed by atoms with Crippen LogP contribution in [0.15, 0.2) is 18.2 Å². The smallest absolute Gasteiger partial charge is 0.184 e. The molecule has 1 aliphatic carbocycles. The second kappa shape index (κ2) is 3.65. The van der Waals surface area contributed by atoms with Crippen LogP contribution in [0.4, 0.5) is 9.52 Å². The van der Waals surface area contributed by atoms with E-state index in [1.54, 1.807) is 19.1 Å². The Morgan fingerprint density at radius 2 is 2.29 bits per heavy atom. The topological polar surface area (TPSA) is 45.1 Å². The molecule has 1 aromatic carbocycles.